The number of piperazine rings is 1. The number of methoxy groups -OCH3 is 1. The molecule has 0 spiro atoms. The van der Waals surface area contributed by atoms with Gasteiger partial charge >= 0.3 is 6.03 Å². The fraction of sp³-hybridized carbons (Fsp3) is 0.300. The van der Waals surface area contributed by atoms with E-state index in [1.54, 1.807) is 7.11 Å². The predicted octanol–water partition coefficient (Wildman–Crippen LogP) is 1.95. The second-order valence-electron chi connectivity index (χ2n) is 6.34. The number of anilines is 1. The van der Waals surface area contributed by atoms with Crippen molar-refractivity contribution in [3.05, 3.63) is 59.7 Å². The molecule has 1 heterocycles. The summed E-state index contributed by atoms with van der Waals surface area (Å²) in [5.74, 6) is 0.896. The lowest BCUT2D eigenvalue weighted by molar-refractivity contribution is -0.132. The quantitative estimate of drug-likeness (QED) is 0.728. The minimum atomic E-state index is -0.268. The monoisotopic (exact) mass is 368 g/mol. The second kappa shape index (κ2) is 9.05. The molecule has 1 fully saturated rings. The highest BCUT2D eigenvalue weighted by Crippen LogP contribution is 2.13. The maximum Gasteiger partial charge on any atom is 0.319 e. The van der Waals surface area contributed by atoms with Crippen LogP contribution in [-0.4, -0.2) is 43.6 Å². The second-order valence-corrected chi connectivity index (χ2v) is 6.34. The van der Waals surface area contributed by atoms with Gasteiger partial charge in [0.05, 0.1) is 13.7 Å². The fourth-order valence-corrected chi connectivity index (χ4v) is 2.83. The third kappa shape index (κ3) is 5.46. The number of amides is 3. The Morgan fingerprint density at radius 1 is 1.11 bits per heavy atom. The van der Waals surface area contributed by atoms with E-state index in [4.69, 9.17) is 4.74 Å². The van der Waals surface area contributed by atoms with E-state index in [1.807, 2.05) is 53.4 Å². The maximum absolute atomic E-state index is 12.0. The van der Waals surface area contributed by atoms with Gasteiger partial charge in [0.15, 0.2) is 0 Å². The van der Waals surface area contributed by atoms with Gasteiger partial charge in [0.25, 0.3) is 0 Å². The molecule has 0 atom stereocenters. The Balaban J connectivity index is 1.47. The molecule has 0 unspecified atom stereocenters. The summed E-state index contributed by atoms with van der Waals surface area (Å²) >= 11 is 0. The van der Waals surface area contributed by atoms with E-state index in [1.165, 1.54) is 0 Å². The molecule has 2 aromatic carbocycles. The van der Waals surface area contributed by atoms with Crippen LogP contribution < -0.4 is 20.7 Å². The summed E-state index contributed by atoms with van der Waals surface area (Å²) in [6.45, 7) is 2.95. The standard InChI is InChI=1S/C20H24N4O3/c1-27-18-8-4-15(5-9-18)12-22-20(26)23-17-6-2-16(3-7-17)14-24-11-10-21-13-19(24)25/h2-9,21H,10-14H2,1H3,(H2,22,23,26). The average molecular weight is 368 g/mol. The SMILES string of the molecule is COc1ccc(CNC(=O)Nc2ccc(CN3CCNCC3=O)cc2)cc1. The third-order valence-electron chi connectivity index (χ3n) is 4.38. The van der Waals surface area contributed by atoms with E-state index in [0.29, 0.717) is 31.9 Å². The van der Waals surface area contributed by atoms with Crippen LogP contribution in [0.5, 0.6) is 5.75 Å². The molecule has 0 aliphatic carbocycles. The number of benzene rings is 2. The van der Waals surface area contributed by atoms with E-state index < -0.39 is 0 Å². The largest absolute Gasteiger partial charge is 0.497 e. The number of carbonyl (C=O) groups is 2. The molecule has 3 N–H and O–H groups in total. The predicted molar refractivity (Wildman–Crippen MR) is 104 cm³/mol. The van der Waals surface area contributed by atoms with Crippen molar-refractivity contribution in [3.63, 3.8) is 0 Å². The first-order valence-corrected chi connectivity index (χ1v) is 8.89. The summed E-state index contributed by atoms with van der Waals surface area (Å²) in [7, 11) is 1.62. The number of nitrogens with one attached hydrogen (secondary N) is 3. The molecule has 2 aromatic rings. The topological polar surface area (TPSA) is 82.7 Å². The van der Waals surface area contributed by atoms with Crippen LogP contribution in [0.3, 0.4) is 0 Å². The van der Waals surface area contributed by atoms with Gasteiger partial charge in [-0.25, -0.2) is 4.79 Å². The van der Waals surface area contributed by atoms with E-state index in [2.05, 4.69) is 16.0 Å². The normalized spacial score (nSPS) is 14.0. The zero-order chi connectivity index (χ0) is 19.1. The molecule has 1 aliphatic heterocycles. The average Bonchev–Trinajstić information content (AvgIpc) is 2.70. The number of carbonyl (C=O) groups excluding carboxylic acids is 2. The Bertz CT molecular complexity index is 775. The summed E-state index contributed by atoms with van der Waals surface area (Å²) in [4.78, 5) is 25.7. The van der Waals surface area contributed by atoms with Crippen LogP contribution in [0, 0.1) is 0 Å². The first-order chi connectivity index (χ1) is 13.1. The van der Waals surface area contributed by atoms with Gasteiger partial charge in [0.1, 0.15) is 5.75 Å². The van der Waals surface area contributed by atoms with Crippen molar-refractivity contribution in [1.82, 2.24) is 15.5 Å². The van der Waals surface area contributed by atoms with E-state index in [0.717, 1.165) is 23.4 Å². The van der Waals surface area contributed by atoms with Gasteiger partial charge in [-0.2, -0.15) is 0 Å². The van der Waals surface area contributed by atoms with E-state index in [-0.39, 0.29) is 11.9 Å². The van der Waals surface area contributed by atoms with Crippen LogP contribution in [0.25, 0.3) is 0 Å². The lowest BCUT2D eigenvalue weighted by Gasteiger charge is -2.27. The van der Waals surface area contributed by atoms with Gasteiger partial charge in [-0.05, 0) is 35.4 Å². The van der Waals surface area contributed by atoms with Crippen LogP contribution in [0.1, 0.15) is 11.1 Å². The van der Waals surface area contributed by atoms with Crippen molar-refractivity contribution in [2.45, 2.75) is 13.1 Å². The fourth-order valence-electron chi connectivity index (χ4n) is 2.83. The van der Waals surface area contributed by atoms with Crippen molar-refractivity contribution in [1.29, 1.82) is 0 Å². The zero-order valence-corrected chi connectivity index (χ0v) is 15.3. The van der Waals surface area contributed by atoms with Gasteiger partial charge in [-0.1, -0.05) is 24.3 Å². The summed E-state index contributed by atoms with van der Waals surface area (Å²) in [6.07, 6.45) is 0. The van der Waals surface area contributed by atoms with Crippen LogP contribution in [-0.2, 0) is 17.9 Å². The number of rotatable bonds is 6. The Morgan fingerprint density at radius 2 is 1.81 bits per heavy atom. The van der Waals surface area contributed by atoms with E-state index >= 15 is 0 Å². The number of hydrogen-bond acceptors (Lipinski definition) is 4. The molecule has 1 saturated heterocycles. The van der Waals surface area contributed by atoms with Crippen molar-refractivity contribution >= 4 is 17.6 Å². The van der Waals surface area contributed by atoms with Crippen LogP contribution in [0.4, 0.5) is 10.5 Å². The smallest absolute Gasteiger partial charge is 0.319 e. The van der Waals surface area contributed by atoms with Gasteiger partial charge in [0, 0.05) is 31.9 Å². The summed E-state index contributed by atoms with van der Waals surface area (Å²) < 4.78 is 5.11. The molecule has 0 bridgehead atoms. The van der Waals surface area contributed by atoms with Crippen molar-refractivity contribution in [2.75, 3.05) is 32.1 Å². The molecule has 0 saturated carbocycles. The Labute approximate surface area is 158 Å². The minimum Gasteiger partial charge on any atom is -0.497 e. The van der Waals surface area contributed by atoms with Gasteiger partial charge in [-0.3, -0.25) is 4.79 Å². The molecule has 7 nitrogen and oxygen atoms in total. The van der Waals surface area contributed by atoms with Gasteiger partial charge < -0.3 is 25.6 Å². The highest BCUT2D eigenvalue weighted by Gasteiger charge is 2.17. The lowest BCUT2D eigenvalue weighted by Crippen LogP contribution is -2.47. The molecule has 0 aromatic heterocycles. The van der Waals surface area contributed by atoms with Gasteiger partial charge in [0.2, 0.25) is 5.91 Å². The van der Waals surface area contributed by atoms with Crippen molar-refractivity contribution in [2.24, 2.45) is 0 Å². The Kier molecular flexibility index (Phi) is 6.27. The highest BCUT2D eigenvalue weighted by atomic mass is 16.5. The number of nitrogens with zero attached hydrogens (tertiary/aromatic N) is 1. The third-order valence-corrected chi connectivity index (χ3v) is 4.38. The molecular weight excluding hydrogens is 344 g/mol. The number of urea groups is 1. The number of hydrogen-bond donors (Lipinski definition) is 3. The Hall–Kier alpha value is -3.06. The summed E-state index contributed by atoms with van der Waals surface area (Å²) in [5.41, 5.74) is 2.73. The highest BCUT2D eigenvalue weighted by molar-refractivity contribution is 5.89. The molecular formula is C20H24N4O3. The molecule has 3 rings (SSSR count). The zero-order valence-electron chi connectivity index (χ0n) is 15.3. The molecule has 7 heteroatoms. The number of ether oxygens (including phenoxy) is 1. The Morgan fingerprint density at radius 3 is 2.48 bits per heavy atom. The lowest BCUT2D eigenvalue weighted by atomic mass is 10.2. The van der Waals surface area contributed by atoms with Crippen LogP contribution >= 0.6 is 0 Å². The maximum atomic E-state index is 12.0. The first-order valence-electron chi connectivity index (χ1n) is 8.89. The molecule has 27 heavy (non-hydrogen) atoms. The van der Waals surface area contributed by atoms with Crippen molar-refractivity contribution in [3.8, 4) is 5.75 Å². The van der Waals surface area contributed by atoms with Gasteiger partial charge in [-0.15, -0.1) is 0 Å². The minimum absolute atomic E-state index is 0.112. The van der Waals surface area contributed by atoms with Crippen molar-refractivity contribution < 1.29 is 14.3 Å². The molecule has 0 radical (unpaired) electrons. The van der Waals surface area contributed by atoms with E-state index in [9.17, 15) is 9.59 Å². The summed E-state index contributed by atoms with van der Waals surface area (Å²) in [5, 5.41) is 8.69. The van der Waals surface area contributed by atoms with Crippen LogP contribution in [0.15, 0.2) is 48.5 Å². The molecule has 142 valence electrons. The first kappa shape index (κ1) is 18.7. The van der Waals surface area contributed by atoms with Crippen LogP contribution in [0.2, 0.25) is 0 Å². The summed E-state index contributed by atoms with van der Waals surface area (Å²) in [6, 6.07) is 14.8. The molecule has 1 aliphatic rings. The molecule has 3 amide bonds.